The topological polar surface area (TPSA) is 192 Å². The number of nitrogen functional groups attached to an aromatic ring is 1. The Bertz CT molecular complexity index is 1050. The predicted octanol–water partition coefficient (Wildman–Crippen LogP) is -0.960. The quantitative estimate of drug-likeness (QED) is 0.216. The summed E-state index contributed by atoms with van der Waals surface area (Å²) >= 11 is 0. The van der Waals surface area contributed by atoms with E-state index in [9.17, 15) is 44.4 Å². The number of carboxylic acids is 1. The molecule has 7 atom stereocenters. The van der Waals surface area contributed by atoms with Gasteiger partial charge in [-0.05, 0) is 17.5 Å². The number of carbonyl (C=O) groups excluding carboxylic acids is 4. The number of phenolic OH excluding ortho intramolecular Hbond substituents is 1. The maximum Gasteiger partial charge on any atom is 0.321 e. The summed E-state index contributed by atoms with van der Waals surface area (Å²) in [4.78, 5) is 62.8. The third-order valence-corrected chi connectivity index (χ3v) is 6.85. The molecule has 158 valence electrons. The van der Waals surface area contributed by atoms with Crippen LogP contribution in [0.5, 0.6) is 5.75 Å². The maximum absolute atomic E-state index is 13.3. The minimum atomic E-state index is -3.00. The van der Waals surface area contributed by atoms with E-state index in [4.69, 9.17) is 5.73 Å². The zero-order valence-electron chi connectivity index (χ0n) is 15.7. The Labute approximate surface area is 169 Å². The van der Waals surface area contributed by atoms with Crippen molar-refractivity contribution in [2.24, 2.45) is 23.7 Å². The first kappa shape index (κ1) is 20.2. The molecule has 0 spiro atoms. The van der Waals surface area contributed by atoms with Gasteiger partial charge >= 0.3 is 5.97 Å². The summed E-state index contributed by atoms with van der Waals surface area (Å²) < 4.78 is 0. The molecule has 0 heterocycles. The van der Waals surface area contributed by atoms with Crippen molar-refractivity contribution < 1.29 is 44.4 Å². The largest absolute Gasteiger partial charge is 0.505 e. The number of aliphatic hydroxyl groups excluding tert-OH is 1. The Morgan fingerprint density at radius 2 is 1.80 bits per heavy atom. The van der Waals surface area contributed by atoms with E-state index in [2.05, 4.69) is 0 Å². The Kier molecular flexibility index (Phi) is 4.16. The lowest BCUT2D eigenvalue weighted by molar-refractivity contribution is -0.190. The van der Waals surface area contributed by atoms with Crippen LogP contribution in [-0.4, -0.2) is 61.2 Å². The Morgan fingerprint density at radius 3 is 2.40 bits per heavy atom. The molecule has 1 aromatic carbocycles. The van der Waals surface area contributed by atoms with Gasteiger partial charge in [0.25, 0.3) is 0 Å². The molecule has 2 fully saturated rings. The summed E-state index contributed by atoms with van der Waals surface area (Å²) in [6.07, 6.45) is -2.32. The molecule has 30 heavy (non-hydrogen) atoms. The van der Waals surface area contributed by atoms with Gasteiger partial charge in [-0.15, -0.1) is 0 Å². The van der Waals surface area contributed by atoms with Crippen molar-refractivity contribution in [2.75, 3.05) is 5.73 Å². The molecule has 4 rings (SSSR count). The van der Waals surface area contributed by atoms with Crippen LogP contribution in [0.2, 0.25) is 0 Å². The molecule has 0 bridgehead atoms. The first-order valence-corrected chi connectivity index (χ1v) is 9.34. The number of aliphatic hydroxyl groups is 2. The van der Waals surface area contributed by atoms with Gasteiger partial charge in [-0.2, -0.15) is 0 Å². The average molecular weight is 417 g/mol. The normalized spacial score (nSPS) is 38.0. The highest BCUT2D eigenvalue weighted by Crippen LogP contribution is 2.54. The van der Waals surface area contributed by atoms with Crippen molar-refractivity contribution in [2.45, 2.75) is 31.0 Å². The minimum Gasteiger partial charge on any atom is -0.505 e. The molecule has 6 N–H and O–H groups in total. The zero-order valence-corrected chi connectivity index (χ0v) is 15.7. The lowest BCUT2D eigenvalue weighted by atomic mass is 9.51. The van der Waals surface area contributed by atoms with Gasteiger partial charge in [0.1, 0.15) is 5.75 Å². The van der Waals surface area contributed by atoms with Crippen LogP contribution >= 0.6 is 0 Å². The summed E-state index contributed by atoms with van der Waals surface area (Å²) in [5.74, 6) is -14.4. The van der Waals surface area contributed by atoms with E-state index in [0.29, 0.717) is 5.56 Å². The van der Waals surface area contributed by atoms with E-state index < -0.39 is 82.6 Å². The van der Waals surface area contributed by atoms with Crippen LogP contribution in [0.1, 0.15) is 35.2 Å². The predicted molar refractivity (Wildman–Crippen MR) is 97.5 cm³/mol. The third kappa shape index (κ3) is 2.23. The van der Waals surface area contributed by atoms with Gasteiger partial charge in [0.05, 0.1) is 23.3 Å². The number of benzene rings is 1. The van der Waals surface area contributed by atoms with Crippen LogP contribution in [0.15, 0.2) is 12.1 Å². The molecule has 2 saturated carbocycles. The number of anilines is 1. The molecule has 0 saturated heterocycles. The molecular weight excluding hydrogens is 398 g/mol. The number of ketones is 4. The standard InChI is InChI=1S/C20H19NO9/c1-5-6-2-3-8(21)15(24)11(6)16(25)13-10(5)14(23)7-4-9(22)12(19(28)29)17(26)20(7,30)18(13)27/h2-3,5,7,10,12-14,23-24,30H,4,21H2,1H3,(H,28,29)/t5-,7+,10+,12?,13?,14+,20+/m0/s1. The summed E-state index contributed by atoms with van der Waals surface area (Å²) in [7, 11) is 0. The fourth-order valence-electron chi connectivity index (χ4n) is 5.33. The first-order chi connectivity index (χ1) is 13.9. The van der Waals surface area contributed by atoms with Crippen LogP contribution in [0.4, 0.5) is 5.69 Å². The van der Waals surface area contributed by atoms with Gasteiger partial charge in [0.2, 0.25) is 0 Å². The van der Waals surface area contributed by atoms with Crippen molar-refractivity contribution in [1.29, 1.82) is 0 Å². The van der Waals surface area contributed by atoms with E-state index >= 15 is 0 Å². The highest BCUT2D eigenvalue weighted by atomic mass is 16.4. The van der Waals surface area contributed by atoms with E-state index in [1.165, 1.54) is 12.1 Å². The van der Waals surface area contributed by atoms with Gasteiger partial charge in [0, 0.05) is 18.3 Å². The fourth-order valence-corrected chi connectivity index (χ4v) is 5.33. The van der Waals surface area contributed by atoms with E-state index in [0.717, 1.165) is 0 Å². The van der Waals surface area contributed by atoms with Gasteiger partial charge in [-0.3, -0.25) is 24.0 Å². The number of hydrogen-bond donors (Lipinski definition) is 5. The number of aromatic hydroxyl groups is 1. The lowest BCUT2D eigenvalue weighted by Gasteiger charge is -2.52. The highest BCUT2D eigenvalue weighted by Gasteiger charge is 2.70. The second kappa shape index (κ2) is 6.19. The number of rotatable bonds is 1. The molecule has 0 amide bonds. The van der Waals surface area contributed by atoms with Crippen molar-refractivity contribution in [3.8, 4) is 5.75 Å². The summed E-state index contributed by atoms with van der Waals surface area (Å²) in [5.41, 5.74) is 2.65. The first-order valence-electron chi connectivity index (χ1n) is 9.34. The second-order valence-corrected chi connectivity index (χ2v) is 8.21. The van der Waals surface area contributed by atoms with Gasteiger partial charge in [0.15, 0.2) is 34.7 Å². The summed E-state index contributed by atoms with van der Waals surface area (Å²) in [6, 6.07) is 2.86. The molecule has 10 nitrogen and oxygen atoms in total. The monoisotopic (exact) mass is 417 g/mol. The fraction of sp³-hybridized carbons (Fsp3) is 0.450. The van der Waals surface area contributed by atoms with Gasteiger partial charge < -0.3 is 26.2 Å². The van der Waals surface area contributed by atoms with Crippen molar-refractivity contribution in [1.82, 2.24) is 0 Å². The number of hydrogen-bond acceptors (Lipinski definition) is 9. The van der Waals surface area contributed by atoms with Crippen LogP contribution < -0.4 is 5.73 Å². The molecule has 0 aliphatic heterocycles. The SMILES string of the molecule is C[C@H]1c2ccc(N)c(O)c2C(=O)C2C(=O)[C@]3(O)C(=O)C(C(=O)O)C(=O)C[C@@H]3[C@@H](O)[C@@H]21. The minimum absolute atomic E-state index is 0.113. The van der Waals surface area contributed by atoms with Crippen LogP contribution in [-0.2, 0) is 19.2 Å². The van der Waals surface area contributed by atoms with E-state index in [1.54, 1.807) is 6.92 Å². The molecule has 10 heteroatoms. The van der Waals surface area contributed by atoms with E-state index in [-0.39, 0.29) is 11.3 Å². The molecule has 1 aromatic rings. The number of carboxylic acid groups (broad SMARTS) is 1. The van der Waals surface area contributed by atoms with Crippen molar-refractivity contribution in [3.63, 3.8) is 0 Å². The lowest BCUT2D eigenvalue weighted by Crippen LogP contribution is -2.72. The molecule has 0 radical (unpaired) electrons. The Hall–Kier alpha value is -3.11. The van der Waals surface area contributed by atoms with Crippen molar-refractivity contribution >= 4 is 34.8 Å². The molecule has 2 unspecified atom stereocenters. The molecule has 3 aliphatic carbocycles. The highest BCUT2D eigenvalue weighted by molar-refractivity contribution is 6.31. The zero-order chi connectivity index (χ0) is 22.3. The number of nitrogens with two attached hydrogens (primary N) is 1. The number of carbonyl (C=O) groups is 5. The summed E-state index contributed by atoms with van der Waals surface area (Å²) in [5, 5.41) is 41.5. The number of phenols is 1. The maximum atomic E-state index is 13.3. The molecule has 3 aliphatic rings. The van der Waals surface area contributed by atoms with Gasteiger partial charge in [-0.25, -0.2) is 0 Å². The van der Waals surface area contributed by atoms with Gasteiger partial charge in [-0.1, -0.05) is 13.0 Å². The van der Waals surface area contributed by atoms with Crippen molar-refractivity contribution in [3.05, 3.63) is 23.3 Å². The smallest absolute Gasteiger partial charge is 0.321 e. The molecular formula is C20H19NO9. The summed E-state index contributed by atoms with van der Waals surface area (Å²) in [6.45, 7) is 1.60. The molecule has 0 aromatic heterocycles. The third-order valence-electron chi connectivity index (χ3n) is 6.85. The van der Waals surface area contributed by atoms with Crippen LogP contribution in [0, 0.1) is 23.7 Å². The average Bonchev–Trinajstić information content (AvgIpc) is 2.67. The second-order valence-electron chi connectivity index (χ2n) is 8.21. The number of Topliss-reactive ketones (excluding diaryl/α,β-unsaturated/α-hetero) is 4. The number of aliphatic carboxylic acids is 1. The van der Waals surface area contributed by atoms with Crippen LogP contribution in [0.3, 0.4) is 0 Å². The Balaban J connectivity index is 1.91. The number of fused-ring (bicyclic) bond motifs is 3. The van der Waals surface area contributed by atoms with Crippen LogP contribution in [0.25, 0.3) is 0 Å². The Morgan fingerprint density at radius 1 is 1.17 bits per heavy atom. The van der Waals surface area contributed by atoms with E-state index in [1.807, 2.05) is 0 Å².